The fourth-order valence-electron chi connectivity index (χ4n) is 0.340. The van der Waals surface area contributed by atoms with Crippen LogP contribution >= 0.6 is 7.81 Å². The number of rotatable bonds is 0. The largest absolute Gasteiger partial charge is 2.00 e. The van der Waals surface area contributed by atoms with E-state index < -0.39 is 7.81 Å². The molecule has 0 bridgehead atoms. The van der Waals surface area contributed by atoms with Gasteiger partial charge in [0.1, 0.15) is 0 Å². The number of halogens is 6. The van der Waals surface area contributed by atoms with E-state index in [0.717, 1.165) is 6.42 Å². The summed E-state index contributed by atoms with van der Waals surface area (Å²) in [6.07, 6.45) is 10.0. The minimum Gasteiger partial charge on any atom is -0.273 e. The second kappa shape index (κ2) is 3.64. The third-order valence-electron chi connectivity index (χ3n) is 0.586. The third-order valence-corrected chi connectivity index (χ3v) is 0.586. The van der Waals surface area contributed by atoms with Gasteiger partial charge in [-0.1, -0.05) is 0 Å². The summed E-state index contributed by atoms with van der Waals surface area (Å²) in [6.45, 7) is 0. The Kier molecular flexibility index (Phi) is 4.33. The van der Waals surface area contributed by atoms with Gasteiger partial charge in [-0.25, -0.2) is 12.2 Å². The first-order valence-corrected chi connectivity index (χ1v) is 4.76. The summed E-state index contributed by atoms with van der Waals surface area (Å²) in [6, 6.07) is 0. The predicted molar refractivity (Wildman–Crippen MR) is 35.1 cm³/mol. The van der Waals surface area contributed by atoms with Crippen LogP contribution in [0.5, 0.6) is 0 Å². The Morgan fingerprint density at radius 3 is 1.46 bits per heavy atom. The molecular formula is C5H5F6FeP. The van der Waals surface area contributed by atoms with Crippen LogP contribution in [0.15, 0.2) is 18.2 Å². The average Bonchev–Trinajstić information content (AvgIpc) is 2.00. The van der Waals surface area contributed by atoms with Crippen LogP contribution in [0.25, 0.3) is 0 Å². The Morgan fingerprint density at radius 2 is 1.38 bits per heavy atom. The predicted octanol–water partition coefficient (Wildman–Crippen LogP) is 4.69. The smallest absolute Gasteiger partial charge is 0.273 e. The normalized spacial score (nSPS) is 19.2. The van der Waals surface area contributed by atoms with Gasteiger partial charge in [0, 0.05) is 0 Å². The van der Waals surface area contributed by atoms with Gasteiger partial charge in [0.2, 0.25) is 0 Å². The zero-order valence-electron chi connectivity index (χ0n) is 6.01. The van der Waals surface area contributed by atoms with Crippen LogP contribution in [0.1, 0.15) is 6.42 Å². The minimum absolute atomic E-state index is 0. The van der Waals surface area contributed by atoms with Gasteiger partial charge < -0.3 is 0 Å². The van der Waals surface area contributed by atoms with Crippen molar-refractivity contribution in [2.45, 2.75) is 6.42 Å². The van der Waals surface area contributed by atoms with Crippen LogP contribution in [0.4, 0.5) is 25.2 Å². The van der Waals surface area contributed by atoms with Crippen LogP contribution in [-0.4, -0.2) is 0 Å². The fourth-order valence-corrected chi connectivity index (χ4v) is 0.340. The van der Waals surface area contributed by atoms with Crippen molar-refractivity contribution in [2.75, 3.05) is 0 Å². The molecule has 0 aromatic rings. The van der Waals surface area contributed by atoms with Crippen molar-refractivity contribution in [1.29, 1.82) is 0 Å². The van der Waals surface area contributed by atoms with Gasteiger partial charge in [0.25, 0.3) is 0 Å². The molecule has 0 fully saturated rings. The van der Waals surface area contributed by atoms with Gasteiger partial charge in [-0.15, -0.1) is 6.42 Å². The molecule has 0 spiro atoms. The van der Waals surface area contributed by atoms with Gasteiger partial charge in [-0.05, 0) is 0 Å². The molecule has 1 aliphatic rings. The molecule has 1 aliphatic carbocycles. The molecular weight excluding hydrogens is 261 g/mol. The van der Waals surface area contributed by atoms with E-state index in [2.05, 4.69) is 12.2 Å². The van der Waals surface area contributed by atoms with Gasteiger partial charge in [0.05, 0.1) is 0 Å². The molecule has 0 aromatic heterocycles. The first-order chi connectivity index (χ1) is 4.95. The zero-order valence-corrected chi connectivity index (χ0v) is 8.01. The van der Waals surface area contributed by atoms with Crippen LogP contribution in [0, 0.1) is 6.08 Å². The van der Waals surface area contributed by atoms with E-state index in [1.165, 1.54) is 0 Å². The Labute approximate surface area is 81.4 Å². The standard InChI is InChI=1S/C5H5.F6P.Fe/c1-2-4-5-3-1;1-7(2,3,4,5)6;/h1-3H,4H2;;/q2*-1;+2. The van der Waals surface area contributed by atoms with Crippen LogP contribution < -0.4 is 0 Å². The summed E-state index contributed by atoms with van der Waals surface area (Å²) in [4.78, 5) is 0. The second-order valence-electron chi connectivity index (χ2n) is 1.96. The molecule has 0 aliphatic heterocycles. The van der Waals surface area contributed by atoms with Crippen molar-refractivity contribution in [3.8, 4) is 0 Å². The maximum atomic E-state index is 9.87. The van der Waals surface area contributed by atoms with E-state index in [1.54, 1.807) is 0 Å². The maximum Gasteiger partial charge on any atom is 2.00 e. The SMILES string of the molecule is F[P-](F)(F)(F)(F)F.[C-]1=CC=CC1.[Fe+2]. The molecule has 13 heavy (non-hydrogen) atoms. The van der Waals surface area contributed by atoms with Crippen LogP contribution in [0.2, 0.25) is 0 Å². The molecule has 1 rings (SSSR count). The van der Waals surface area contributed by atoms with E-state index in [1.807, 2.05) is 12.2 Å². The van der Waals surface area contributed by atoms with Gasteiger partial charge in [-0.2, -0.15) is 6.08 Å². The number of allylic oxidation sites excluding steroid dienone is 4. The van der Waals surface area contributed by atoms with E-state index in [-0.39, 0.29) is 17.1 Å². The first-order valence-electron chi connectivity index (χ1n) is 2.73. The monoisotopic (exact) mass is 266 g/mol. The molecule has 0 N–H and O–H groups in total. The number of hydrogen-bond acceptors (Lipinski definition) is 0. The van der Waals surface area contributed by atoms with E-state index >= 15 is 0 Å². The third kappa shape index (κ3) is 47.9. The zero-order chi connectivity index (χ0) is 9.94. The Hall–Kier alpha value is 0.00948. The van der Waals surface area contributed by atoms with Crippen LogP contribution in [0.3, 0.4) is 0 Å². The van der Waals surface area contributed by atoms with Gasteiger partial charge in [0.15, 0.2) is 0 Å². The molecule has 0 radical (unpaired) electrons. The number of hydrogen-bond donors (Lipinski definition) is 0. The Bertz CT molecular complexity index is 189. The van der Waals surface area contributed by atoms with Crippen molar-refractivity contribution in [3.05, 3.63) is 24.3 Å². The maximum absolute atomic E-state index is 10.7. The Balaban J connectivity index is 0. The molecule has 0 nitrogen and oxygen atoms in total. The summed E-state index contributed by atoms with van der Waals surface area (Å²) in [5, 5.41) is 0. The average molecular weight is 266 g/mol. The fraction of sp³-hybridized carbons (Fsp3) is 0.200. The molecule has 0 heterocycles. The molecule has 80 valence electrons. The first kappa shape index (κ1) is 15.5. The van der Waals surface area contributed by atoms with Gasteiger partial charge >= 0.3 is 50.1 Å². The van der Waals surface area contributed by atoms with E-state index in [4.69, 9.17) is 0 Å². The van der Waals surface area contributed by atoms with Crippen molar-refractivity contribution in [1.82, 2.24) is 0 Å². The molecule has 8 heteroatoms. The van der Waals surface area contributed by atoms with E-state index in [0.29, 0.717) is 0 Å². The second-order valence-corrected chi connectivity index (χ2v) is 3.88. The summed E-state index contributed by atoms with van der Waals surface area (Å²) >= 11 is 0. The molecule has 0 saturated heterocycles. The minimum atomic E-state index is -10.7. The molecule has 0 atom stereocenters. The summed E-state index contributed by atoms with van der Waals surface area (Å²) in [5.74, 6) is 0. The Morgan fingerprint density at radius 1 is 1.00 bits per heavy atom. The van der Waals surface area contributed by atoms with Crippen molar-refractivity contribution in [3.63, 3.8) is 0 Å². The molecule has 0 amide bonds. The summed E-state index contributed by atoms with van der Waals surface area (Å²) < 4.78 is 59.2. The van der Waals surface area contributed by atoms with Crippen LogP contribution in [-0.2, 0) is 17.1 Å². The molecule has 0 aromatic carbocycles. The molecule has 0 unspecified atom stereocenters. The van der Waals surface area contributed by atoms with Gasteiger partial charge in [-0.3, -0.25) is 6.08 Å². The van der Waals surface area contributed by atoms with Crippen molar-refractivity contribution in [2.24, 2.45) is 0 Å². The van der Waals surface area contributed by atoms with Crippen molar-refractivity contribution >= 4 is 7.81 Å². The van der Waals surface area contributed by atoms with Crippen molar-refractivity contribution < 1.29 is 42.3 Å². The topological polar surface area (TPSA) is 0 Å². The summed E-state index contributed by atoms with van der Waals surface area (Å²) in [7, 11) is -10.7. The van der Waals surface area contributed by atoms with E-state index in [9.17, 15) is 25.2 Å². The molecule has 0 saturated carbocycles. The summed E-state index contributed by atoms with van der Waals surface area (Å²) in [5.41, 5.74) is 0. The quantitative estimate of drug-likeness (QED) is 0.258.